The molecule has 0 saturated heterocycles. The van der Waals surface area contributed by atoms with Crippen LogP contribution in [0.3, 0.4) is 0 Å². The molecule has 0 aliphatic rings. The lowest BCUT2D eigenvalue weighted by molar-refractivity contribution is 0.168. The average Bonchev–Trinajstić information content (AvgIpc) is 2.54. The summed E-state index contributed by atoms with van der Waals surface area (Å²) in [7, 11) is 0. The normalized spacial score (nSPS) is 10.6. The Bertz CT molecular complexity index is 1010. The number of aromatic nitrogens is 1. The first-order valence-corrected chi connectivity index (χ1v) is 7.39. The van der Waals surface area contributed by atoms with Gasteiger partial charge in [-0.3, -0.25) is 10.1 Å². The molecule has 3 rings (SSSR count). The maximum Gasteiger partial charge on any atom is 0.412 e. The van der Waals surface area contributed by atoms with Crippen molar-refractivity contribution in [2.24, 2.45) is 0 Å². The number of nitrogens with one attached hydrogen (secondary N) is 1. The van der Waals surface area contributed by atoms with E-state index in [-0.39, 0.29) is 46.3 Å². The maximum atomic E-state index is 12.3. The first-order valence-electron chi connectivity index (χ1n) is 7.39. The second-order valence-corrected chi connectivity index (χ2v) is 5.04. The van der Waals surface area contributed by atoms with E-state index < -0.39 is 11.5 Å². The van der Waals surface area contributed by atoms with Gasteiger partial charge >= 0.3 is 6.09 Å². The van der Waals surface area contributed by atoms with Crippen LogP contribution in [0.2, 0.25) is 0 Å². The summed E-state index contributed by atoms with van der Waals surface area (Å²) < 4.78 is 10.4. The van der Waals surface area contributed by atoms with E-state index in [0.717, 1.165) is 0 Å². The van der Waals surface area contributed by atoms with Crippen LogP contribution in [0, 0.1) is 0 Å². The SMILES string of the molecule is CCOC(=O)Nc1nc(O)ccc1-c1cc(=O)c2c(O)cccc2o1. The zero-order chi connectivity index (χ0) is 18.0. The molecule has 0 fully saturated rings. The van der Waals surface area contributed by atoms with Gasteiger partial charge < -0.3 is 19.4 Å². The fourth-order valence-electron chi connectivity index (χ4n) is 2.33. The molecule has 0 atom stereocenters. The van der Waals surface area contributed by atoms with E-state index in [1.165, 1.54) is 36.4 Å². The Hall–Kier alpha value is -3.55. The smallest absolute Gasteiger partial charge is 0.412 e. The first-order chi connectivity index (χ1) is 12.0. The molecule has 0 spiro atoms. The number of phenolic OH excluding ortho intramolecular Hbond substituents is 1. The van der Waals surface area contributed by atoms with Crippen molar-refractivity contribution in [3.8, 4) is 23.0 Å². The minimum atomic E-state index is -0.761. The van der Waals surface area contributed by atoms with Crippen LogP contribution in [-0.2, 0) is 4.74 Å². The van der Waals surface area contributed by atoms with Crippen molar-refractivity contribution in [1.82, 2.24) is 4.98 Å². The molecule has 0 bridgehead atoms. The van der Waals surface area contributed by atoms with Crippen molar-refractivity contribution in [2.75, 3.05) is 11.9 Å². The summed E-state index contributed by atoms with van der Waals surface area (Å²) in [5.41, 5.74) is -0.00429. The molecular formula is C17H14N2O6. The van der Waals surface area contributed by atoms with E-state index >= 15 is 0 Å². The average molecular weight is 342 g/mol. The summed E-state index contributed by atoms with van der Waals surface area (Å²) in [6, 6.07) is 8.36. The molecule has 0 aliphatic heterocycles. The summed E-state index contributed by atoms with van der Waals surface area (Å²) >= 11 is 0. The van der Waals surface area contributed by atoms with Gasteiger partial charge in [-0.05, 0) is 25.1 Å². The molecule has 0 unspecified atom stereocenters. The highest BCUT2D eigenvalue weighted by Crippen LogP contribution is 2.31. The molecule has 0 aliphatic carbocycles. The van der Waals surface area contributed by atoms with Crippen LogP contribution in [0.5, 0.6) is 11.6 Å². The predicted molar refractivity (Wildman–Crippen MR) is 89.7 cm³/mol. The molecule has 1 amide bonds. The van der Waals surface area contributed by atoms with E-state index in [4.69, 9.17) is 9.15 Å². The Labute approximate surface area is 141 Å². The largest absolute Gasteiger partial charge is 0.507 e. The highest BCUT2D eigenvalue weighted by molar-refractivity contribution is 5.90. The van der Waals surface area contributed by atoms with Gasteiger partial charge in [0.1, 0.15) is 28.3 Å². The molecule has 2 aromatic heterocycles. The Morgan fingerprint density at radius 3 is 2.84 bits per heavy atom. The molecule has 3 aromatic rings. The summed E-state index contributed by atoms with van der Waals surface area (Å²) in [4.78, 5) is 27.8. The number of fused-ring (bicyclic) bond motifs is 1. The Balaban J connectivity index is 2.15. The van der Waals surface area contributed by atoms with Gasteiger partial charge in [-0.15, -0.1) is 0 Å². The number of carbonyl (C=O) groups excluding carboxylic acids is 1. The monoisotopic (exact) mass is 342 g/mol. The molecule has 8 nitrogen and oxygen atoms in total. The molecule has 3 N–H and O–H groups in total. The molecule has 128 valence electrons. The number of carbonyl (C=O) groups is 1. The lowest BCUT2D eigenvalue weighted by Gasteiger charge is -2.10. The summed E-state index contributed by atoms with van der Waals surface area (Å²) in [5.74, 6) is -0.425. The number of pyridine rings is 1. The number of amides is 1. The number of anilines is 1. The third-order valence-electron chi connectivity index (χ3n) is 3.37. The fourth-order valence-corrected chi connectivity index (χ4v) is 2.33. The second-order valence-electron chi connectivity index (χ2n) is 5.04. The van der Waals surface area contributed by atoms with Crippen molar-refractivity contribution in [2.45, 2.75) is 6.92 Å². The third-order valence-corrected chi connectivity index (χ3v) is 3.37. The predicted octanol–water partition coefficient (Wildman–Crippen LogP) is 2.83. The topological polar surface area (TPSA) is 122 Å². The van der Waals surface area contributed by atoms with Gasteiger partial charge in [-0.25, -0.2) is 4.79 Å². The lowest BCUT2D eigenvalue weighted by atomic mass is 10.1. The molecule has 0 saturated carbocycles. The number of ether oxygens (including phenoxy) is 1. The molecule has 25 heavy (non-hydrogen) atoms. The number of nitrogens with zero attached hydrogens (tertiary/aromatic N) is 1. The number of benzene rings is 1. The fraction of sp³-hybridized carbons (Fsp3) is 0.118. The Morgan fingerprint density at radius 1 is 1.28 bits per heavy atom. The molecule has 0 radical (unpaired) electrons. The van der Waals surface area contributed by atoms with Gasteiger partial charge in [-0.1, -0.05) is 6.07 Å². The van der Waals surface area contributed by atoms with Crippen LogP contribution < -0.4 is 10.7 Å². The van der Waals surface area contributed by atoms with Crippen molar-refractivity contribution in [3.05, 3.63) is 46.6 Å². The van der Waals surface area contributed by atoms with E-state index in [2.05, 4.69) is 10.3 Å². The van der Waals surface area contributed by atoms with Gasteiger partial charge in [-0.2, -0.15) is 4.98 Å². The van der Waals surface area contributed by atoms with Crippen molar-refractivity contribution in [1.29, 1.82) is 0 Å². The van der Waals surface area contributed by atoms with Gasteiger partial charge in [0.25, 0.3) is 0 Å². The van der Waals surface area contributed by atoms with Gasteiger partial charge in [0.05, 0.1) is 12.2 Å². The second kappa shape index (κ2) is 6.52. The summed E-state index contributed by atoms with van der Waals surface area (Å²) in [5, 5.41) is 21.8. The molecule has 2 heterocycles. The van der Waals surface area contributed by atoms with Gasteiger partial charge in [0.15, 0.2) is 5.43 Å². The summed E-state index contributed by atoms with van der Waals surface area (Å²) in [6.07, 6.45) is -0.761. The number of rotatable bonds is 3. The molecule has 1 aromatic carbocycles. The van der Waals surface area contributed by atoms with Crippen molar-refractivity contribution < 1.29 is 24.2 Å². The number of hydrogen-bond donors (Lipinski definition) is 3. The minimum Gasteiger partial charge on any atom is -0.507 e. The van der Waals surface area contributed by atoms with E-state index in [1.807, 2.05) is 0 Å². The first kappa shape index (κ1) is 16.3. The minimum absolute atomic E-state index is 0.0268. The number of aromatic hydroxyl groups is 2. The van der Waals surface area contributed by atoms with Crippen molar-refractivity contribution >= 4 is 22.9 Å². The van der Waals surface area contributed by atoms with Crippen LogP contribution >= 0.6 is 0 Å². The van der Waals surface area contributed by atoms with Crippen molar-refractivity contribution in [3.63, 3.8) is 0 Å². The van der Waals surface area contributed by atoms with Crippen LogP contribution in [-0.4, -0.2) is 27.9 Å². The van der Waals surface area contributed by atoms with Gasteiger partial charge in [0.2, 0.25) is 5.88 Å². The Kier molecular flexibility index (Phi) is 4.25. The lowest BCUT2D eigenvalue weighted by Crippen LogP contribution is -2.15. The zero-order valence-electron chi connectivity index (χ0n) is 13.1. The highest BCUT2D eigenvalue weighted by atomic mass is 16.5. The quantitative estimate of drug-likeness (QED) is 0.669. The Morgan fingerprint density at radius 2 is 2.08 bits per heavy atom. The highest BCUT2D eigenvalue weighted by Gasteiger charge is 2.16. The van der Waals surface area contributed by atoms with Crippen LogP contribution in [0.25, 0.3) is 22.3 Å². The van der Waals surface area contributed by atoms with Gasteiger partial charge in [0, 0.05) is 12.1 Å². The van der Waals surface area contributed by atoms with Crippen LogP contribution in [0.1, 0.15) is 6.92 Å². The molecule has 8 heteroatoms. The van der Waals surface area contributed by atoms with Crippen LogP contribution in [0.4, 0.5) is 10.6 Å². The molecular weight excluding hydrogens is 328 g/mol. The third kappa shape index (κ3) is 3.23. The van der Waals surface area contributed by atoms with E-state index in [9.17, 15) is 19.8 Å². The van der Waals surface area contributed by atoms with Crippen LogP contribution in [0.15, 0.2) is 45.6 Å². The van der Waals surface area contributed by atoms with E-state index in [0.29, 0.717) is 0 Å². The number of phenols is 1. The van der Waals surface area contributed by atoms with E-state index in [1.54, 1.807) is 6.92 Å². The summed E-state index contributed by atoms with van der Waals surface area (Å²) in [6.45, 7) is 1.80. The zero-order valence-corrected chi connectivity index (χ0v) is 13.1. The maximum absolute atomic E-state index is 12.3. The standard InChI is InChI=1S/C17H14N2O6/c1-2-24-17(23)19-16-9(6-7-14(22)18-16)13-8-11(21)15-10(20)4-3-5-12(15)25-13/h3-8,20H,2H2,1H3,(H2,18,19,22,23). The number of hydrogen-bond acceptors (Lipinski definition) is 7.